The molecular weight excluding hydrogens is 348 g/mol. The standard InChI is InChI=1S/C18H12ClF2N3O/c19-12-1-3-13(4-2-12)23-15-7-11(9-22-10-15)18(25)24-14-5-6-16(20)17(21)8-14/h1-10,23H,(H,24,25). The minimum atomic E-state index is -1.03. The highest BCUT2D eigenvalue weighted by atomic mass is 35.5. The van der Waals surface area contributed by atoms with E-state index in [9.17, 15) is 13.6 Å². The van der Waals surface area contributed by atoms with Crippen LogP contribution >= 0.6 is 11.6 Å². The lowest BCUT2D eigenvalue weighted by Crippen LogP contribution is -2.12. The van der Waals surface area contributed by atoms with Crippen molar-refractivity contribution in [2.24, 2.45) is 0 Å². The van der Waals surface area contributed by atoms with Gasteiger partial charge in [-0.05, 0) is 42.5 Å². The Morgan fingerprint density at radius 3 is 2.32 bits per heavy atom. The molecule has 1 heterocycles. The highest BCUT2D eigenvalue weighted by Gasteiger charge is 2.10. The summed E-state index contributed by atoms with van der Waals surface area (Å²) >= 11 is 5.84. The first-order chi connectivity index (χ1) is 12.0. The lowest BCUT2D eigenvalue weighted by atomic mass is 10.2. The minimum Gasteiger partial charge on any atom is -0.354 e. The van der Waals surface area contributed by atoms with Crippen molar-refractivity contribution in [3.63, 3.8) is 0 Å². The second kappa shape index (κ2) is 7.27. The van der Waals surface area contributed by atoms with E-state index in [1.54, 1.807) is 36.5 Å². The second-order valence-electron chi connectivity index (χ2n) is 5.18. The highest BCUT2D eigenvalue weighted by molar-refractivity contribution is 6.30. The molecule has 3 rings (SSSR count). The Kier molecular flexibility index (Phi) is 4.90. The topological polar surface area (TPSA) is 54.0 Å². The number of nitrogens with one attached hydrogen (secondary N) is 2. The summed E-state index contributed by atoms with van der Waals surface area (Å²) in [5.74, 6) is -2.50. The van der Waals surface area contributed by atoms with Gasteiger partial charge in [0, 0.05) is 28.7 Å². The molecule has 0 aliphatic heterocycles. The van der Waals surface area contributed by atoms with Crippen molar-refractivity contribution in [2.75, 3.05) is 10.6 Å². The number of benzene rings is 2. The van der Waals surface area contributed by atoms with Gasteiger partial charge in [0.25, 0.3) is 5.91 Å². The van der Waals surface area contributed by atoms with Crippen LogP contribution in [0, 0.1) is 11.6 Å². The highest BCUT2D eigenvalue weighted by Crippen LogP contribution is 2.20. The molecule has 0 atom stereocenters. The molecule has 0 saturated heterocycles. The summed E-state index contributed by atoms with van der Waals surface area (Å²) in [5, 5.41) is 6.20. The van der Waals surface area contributed by atoms with Crippen LogP contribution in [0.2, 0.25) is 5.02 Å². The quantitative estimate of drug-likeness (QED) is 0.688. The summed E-state index contributed by atoms with van der Waals surface area (Å²) in [4.78, 5) is 16.3. The molecule has 4 nitrogen and oxygen atoms in total. The van der Waals surface area contributed by atoms with Gasteiger partial charge >= 0.3 is 0 Å². The third-order valence-electron chi connectivity index (χ3n) is 3.31. The smallest absolute Gasteiger partial charge is 0.257 e. The third-order valence-corrected chi connectivity index (χ3v) is 3.56. The number of carbonyl (C=O) groups excluding carboxylic acids is 1. The number of amides is 1. The van der Waals surface area contributed by atoms with E-state index in [1.165, 1.54) is 12.3 Å². The van der Waals surface area contributed by atoms with Gasteiger partial charge in [0.05, 0.1) is 17.4 Å². The van der Waals surface area contributed by atoms with Gasteiger partial charge in [-0.3, -0.25) is 9.78 Å². The van der Waals surface area contributed by atoms with Gasteiger partial charge in [0.2, 0.25) is 0 Å². The third kappa shape index (κ3) is 4.30. The van der Waals surface area contributed by atoms with Crippen LogP contribution in [-0.4, -0.2) is 10.9 Å². The monoisotopic (exact) mass is 359 g/mol. The maximum absolute atomic E-state index is 13.2. The molecule has 126 valence electrons. The number of hydrogen-bond acceptors (Lipinski definition) is 3. The molecule has 0 unspecified atom stereocenters. The largest absolute Gasteiger partial charge is 0.354 e. The number of pyridine rings is 1. The van der Waals surface area contributed by atoms with Crippen LogP contribution in [0.4, 0.5) is 25.8 Å². The van der Waals surface area contributed by atoms with E-state index in [0.717, 1.165) is 17.8 Å². The summed E-state index contributed by atoms with van der Waals surface area (Å²) in [5.41, 5.74) is 1.80. The maximum atomic E-state index is 13.2. The van der Waals surface area contributed by atoms with Crippen LogP contribution < -0.4 is 10.6 Å². The van der Waals surface area contributed by atoms with E-state index in [0.29, 0.717) is 10.7 Å². The Balaban J connectivity index is 1.74. The summed E-state index contributed by atoms with van der Waals surface area (Å²) in [6.07, 6.45) is 2.94. The predicted octanol–water partition coefficient (Wildman–Crippen LogP) is 5.01. The average molecular weight is 360 g/mol. The van der Waals surface area contributed by atoms with E-state index >= 15 is 0 Å². The number of aromatic nitrogens is 1. The van der Waals surface area contributed by atoms with E-state index in [-0.39, 0.29) is 11.3 Å². The molecule has 0 saturated carbocycles. The fraction of sp³-hybridized carbons (Fsp3) is 0. The Morgan fingerprint density at radius 1 is 0.880 bits per heavy atom. The number of hydrogen-bond donors (Lipinski definition) is 2. The zero-order valence-electron chi connectivity index (χ0n) is 12.8. The lowest BCUT2D eigenvalue weighted by molar-refractivity contribution is 0.102. The number of anilines is 3. The Bertz CT molecular complexity index is 916. The van der Waals surface area contributed by atoms with Crippen LogP contribution in [0.1, 0.15) is 10.4 Å². The van der Waals surface area contributed by atoms with Crippen molar-refractivity contribution in [1.82, 2.24) is 4.98 Å². The van der Waals surface area contributed by atoms with Crippen LogP contribution in [-0.2, 0) is 0 Å². The predicted molar refractivity (Wildman–Crippen MR) is 93.3 cm³/mol. The molecule has 0 aliphatic carbocycles. The van der Waals surface area contributed by atoms with E-state index in [1.807, 2.05) is 0 Å². The van der Waals surface area contributed by atoms with Crippen LogP contribution in [0.5, 0.6) is 0 Å². The van der Waals surface area contributed by atoms with E-state index in [2.05, 4.69) is 15.6 Å². The molecule has 1 aromatic heterocycles. The molecule has 2 aromatic carbocycles. The summed E-state index contributed by atoms with van der Waals surface area (Å²) in [6.45, 7) is 0. The van der Waals surface area contributed by atoms with Crippen molar-refractivity contribution in [3.05, 3.63) is 83.1 Å². The number of nitrogens with zero attached hydrogens (tertiary/aromatic N) is 1. The van der Waals surface area contributed by atoms with Gasteiger partial charge in [0.15, 0.2) is 11.6 Å². The molecule has 0 bridgehead atoms. The van der Waals surface area contributed by atoms with Crippen molar-refractivity contribution in [1.29, 1.82) is 0 Å². The van der Waals surface area contributed by atoms with E-state index in [4.69, 9.17) is 11.6 Å². The van der Waals surface area contributed by atoms with Gasteiger partial charge in [-0.15, -0.1) is 0 Å². The summed E-state index contributed by atoms with van der Waals surface area (Å²) in [6, 6.07) is 11.8. The fourth-order valence-corrected chi connectivity index (χ4v) is 2.24. The Labute approximate surface area is 147 Å². The van der Waals surface area contributed by atoms with Crippen molar-refractivity contribution in [2.45, 2.75) is 0 Å². The van der Waals surface area contributed by atoms with Crippen molar-refractivity contribution < 1.29 is 13.6 Å². The zero-order chi connectivity index (χ0) is 17.8. The van der Waals surface area contributed by atoms with Gasteiger partial charge in [-0.1, -0.05) is 11.6 Å². The molecule has 0 aliphatic rings. The summed E-state index contributed by atoms with van der Waals surface area (Å²) < 4.78 is 26.1. The zero-order valence-corrected chi connectivity index (χ0v) is 13.5. The average Bonchev–Trinajstić information content (AvgIpc) is 2.60. The first-order valence-corrected chi connectivity index (χ1v) is 7.63. The Morgan fingerprint density at radius 2 is 1.60 bits per heavy atom. The SMILES string of the molecule is O=C(Nc1ccc(F)c(F)c1)c1cncc(Nc2ccc(Cl)cc2)c1. The molecule has 0 radical (unpaired) electrons. The molecule has 0 fully saturated rings. The second-order valence-corrected chi connectivity index (χ2v) is 5.61. The molecule has 25 heavy (non-hydrogen) atoms. The molecule has 2 N–H and O–H groups in total. The normalized spacial score (nSPS) is 10.4. The van der Waals surface area contributed by atoms with Crippen molar-refractivity contribution >= 4 is 34.6 Å². The lowest BCUT2D eigenvalue weighted by Gasteiger charge is -2.09. The first-order valence-electron chi connectivity index (χ1n) is 7.25. The van der Waals surface area contributed by atoms with Crippen LogP contribution in [0.15, 0.2) is 60.9 Å². The first kappa shape index (κ1) is 16.9. The Hall–Kier alpha value is -2.99. The minimum absolute atomic E-state index is 0.153. The molecule has 3 aromatic rings. The van der Waals surface area contributed by atoms with Gasteiger partial charge in [-0.2, -0.15) is 0 Å². The van der Waals surface area contributed by atoms with Crippen molar-refractivity contribution in [3.8, 4) is 0 Å². The maximum Gasteiger partial charge on any atom is 0.257 e. The number of carbonyl (C=O) groups is 1. The number of rotatable bonds is 4. The summed E-state index contributed by atoms with van der Waals surface area (Å²) in [7, 11) is 0. The van der Waals surface area contributed by atoms with Crippen LogP contribution in [0.25, 0.3) is 0 Å². The molecule has 1 amide bonds. The fourth-order valence-electron chi connectivity index (χ4n) is 2.11. The van der Waals surface area contributed by atoms with Gasteiger partial charge in [-0.25, -0.2) is 8.78 Å². The molecule has 0 spiro atoms. The van der Waals surface area contributed by atoms with E-state index < -0.39 is 17.5 Å². The van der Waals surface area contributed by atoms with Gasteiger partial charge in [0.1, 0.15) is 0 Å². The van der Waals surface area contributed by atoms with Crippen LogP contribution in [0.3, 0.4) is 0 Å². The number of halogens is 3. The molecular formula is C18H12ClF2N3O. The van der Waals surface area contributed by atoms with Gasteiger partial charge < -0.3 is 10.6 Å². The molecule has 7 heteroatoms.